The minimum Gasteiger partial charge on any atom is -0.362 e. The molecular formula is C16H19N3O3. The lowest BCUT2D eigenvalue weighted by molar-refractivity contribution is 0.0706. The van der Waals surface area contributed by atoms with Crippen LogP contribution in [0, 0.1) is 13.8 Å². The van der Waals surface area contributed by atoms with E-state index in [1.165, 1.54) is 0 Å². The topological polar surface area (TPSA) is 94.2 Å². The fourth-order valence-corrected chi connectivity index (χ4v) is 2.33. The standard InChI is InChI=1S/C16H19N3O3/c1-9-7-14(11(3)17-9)16(21)18-10(2)12-5-4-6-13(8-12)15(20)19-22/h4-8,10,17,22H,1-3H3,(H,18,21)(H,19,20). The van der Waals surface area contributed by atoms with Gasteiger partial charge in [0.2, 0.25) is 0 Å². The van der Waals surface area contributed by atoms with Crippen molar-refractivity contribution in [3.05, 3.63) is 58.4 Å². The van der Waals surface area contributed by atoms with Crippen molar-refractivity contribution in [1.82, 2.24) is 15.8 Å². The Labute approximate surface area is 128 Å². The smallest absolute Gasteiger partial charge is 0.274 e. The molecule has 1 unspecified atom stereocenters. The van der Waals surface area contributed by atoms with E-state index in [0.717, 1.165) is 17.0 Å². The molecule has 2 aromatic rings. The summed E-state index contributed by atoms with van der Waals surface area (Å²) in [5.41, 5.74) is 5.05. The summed E-state index contributed by atoms with van der Waals surface area (Å²) in [6.07, 6.45) is 0. The molecule has 0 saturated heterocycles. The van der Waals surface area contributed by atoms with Crippen LogP contribution in [-0.4, -0.2) is 22.0 Å². The summed E-state index contributed by atoms with van der Waals surface area (Å²) in [7, 11) is 0. The molecule has 1 heterocycles. The highest BCUT2D eigenvalue weighted by molar-refractivity contribution is 5.96. The van der Waals surface area contributed by atoms with Gasteiger partial charge < -0.3 is 10.3 Å². The van der Waals surface area contributed by atoms with Gasteiger partial charge in [0.15, 0.2) is 0 Å². The largest absolute Gasteiger partial charge is 0.362 e. The summed E-state index contributed by atoms with van der Waals surface area (Å²) >= 11 is 0. The molecule has 116 valence electrons. The quantitative estimate of drug-likeness (QED) is 0.515. The van der Waals surface area contributed by atoms with Crippen molar-refractivity contribution in [2.24, 2.45) is 0 Å². The summed E-state index contributed by atoms with van der Waals surface area (Å²) < 4.78 is 0. The first-order valence-corrected chi connectivity index (χ1v) is 6.94. The Balaban J connectivity index is 2.15. The van der Waals surface area contributed by atoms with Gasteiger partial charge in [0.05, 0.1) is 11.6 Å². The molecule has 6 heteroatoms. The number of benzene rings is 1. The number of amides is 2. The Morgan fingerprint density at radius 1 is 1.18 bits per heavy atom. The SMILES string of the molecule is Cc1cc(C(=O)NC(C)c2cccc(C(=O)NO)c2)c(C)[nH]1. The normalized spacial score (nSPS) is 11.8. The number of H-pyrrole nitrogens is 1. The highest BCUT2D eigenvalue weighted by Gasteiger charge is 2.16. The average Bonchev–Trinajstić information content (AvgIpc) is 2.85. The van der Waals surface area contributed by atoms with E-state index in [4.69, 9.17) is 5.21 Å². The lowest BCUT2D eigenvalue weighted by atomic mass is 10.0. The van der Waals surface area contributed by atoms with Gasteiger partial charge in [-0.25, -0.2) is 5.48 Å². The number of carbonyl (C=O) groups is 2. The van der Waals surface area contributed by atoms with Gasteiger partial charge in [-0.3, -0.25) is 14.8 Å². The molecule has 0 bridgehead atoms. The molecule has 1 atom stereocenters. The van der Waals surface area contributed by atoms with Gasteiger partial charge in [-0.15, -0.1) is 0 Å². The molecule has 0 spiro atoms. The first-order chi connectivity index (χ1) is 10.4. The molecule has 0 aliphatic rings. The Morgan fingerprint density at radius 3 is 2.50 bits per heavy atom. The molecule has 0 radical (unpaired) electrons. The van der Waals surface area contributed by atoms with Gasteiger partial charge in [0, 0.05) is 17.0 Å². The maximum Gasteiger partial charge on any atom is 0.274 e. The first kappa shape index (κ1) is 15.8. The van der Waals surface area contributed by atoms with E-state index in [0.29, 0.717) is 11.1 Å². The molecule has 0 aliphatic heterocycles. The summed E-state index contributed by atoms with van der Waals surface area (Å²) in [5, 5.41) is 11.6. The van der Waals surface area contributed by atoms with E-state index < -0.39 is 5.91 Å². The van der Waals surface area contributed by atoms with E-state index in [1.807, 2.05) is 26.8 Å². The third-order valence-electron chi connectivity index (χ3n) is 3.49. The van der Waals surface area contributed by atoms with Crippen molar-refractivity contribution in [2.75, 3.05) is 0 Å². The Hall–Kier alpha value is -2.60. The second-order valence-corrected chi connectivity index (χ2v) is 5.25. The fourth-order valence-electron chi connectivity index (χ4n) is 2.33. The molecule has 0 saturated carbocycles. The van der Waals surface area contributed by atoms with E-state index in [9.17, 15) is 9.59 Å². The highest BCUT2D eigenvalue weighted by Crippen LogP contribution is 2.16. The number of aromatic amines is 1. The van der Waals surface area contributed by atoms with Crippen LogP contribution in [0.15, 0.2) is 30.3 Å². The number of hydrogen-bond acceptors (Lipinski definition) is 3. The number of hydroxylamine groups is 1. The van der Waals surface area contributed by atoms with Crippen LogP contribution in [0.4, 0.5) is 0 Å². The third-order valence-corrected chi connectivity index (χ3v) is 3.49. The molecule has 2 amide bonds. The van der Waals surface area contributed by atoms with Crippen LogP contribution in [0.3, 0.4) is 0 Å². The number of aryl methyl sites for hydroxylation is 2. The van der Waals surface area contributed by atoms with Crippen LogP contribution < -0.4 is 10.8 Å². The Kier molecular flexibility index (Phi) is 4.62. The maximum atomic E-state index is 12.3. The van der Waals surface area contributed by atoms with Crippen molar-refractivity contribution in [3.63, 3.8) is 0 Å². The predicted octanol–water partition coefficient (Wildman–Crippen LogP) is 2.24. The zero-order valence-electron chi connectivity index (χ0n) is 12.7. The Morgan fingerprint density at radius 2 is 1.91 bits per heavy atom. The van der Waals surface area contributed by atoms with Crippen molar-refractivity contribution in [1.29, 1.82) is 0 Å². The summed E-state index contributed by atoms with van der Waals surface area (Å²) in [6.45, 7) is 5.58. The van der Waals surface area contributed by atoms with Crippen LogP contribution in [0.1, 0.15) is 50.6 Å². The van der Waals surface area contributed by atoms with Gasteiger partial charge in [0.25, 0.3) is 11.8 Å². The van der Waals surface area contributed by atoms with Gasteiger partial charge >= 0.3 is 0 Å². The predicted molar refractivity (Wildman–Crippen MR) is 81.8 cm³/mol. The molecule has 4 N–H and O–H groups in total. The molecule has 6 nitrogen and oxygen atoms in total. The number of rotatable bonds is 4. The maximum absolute atomic E-state index is 12.3. The fraction of sp³-hybridized carbons (Fsp3) is 0.250. The van der Waals surface area contributed by atoms with Crippen LogP contribution >= 0.6 is 0 Å². The molecule has 1 aromatic heterocycles. The van der Waals surface area contributed by atoms with Crippen LogP contribution in [-0.2, 0) is 0 Å². The monoisotopic (exact) mass is 301 g/mol. The van der Waals surface area contributed by atoms with Crippen molar-refractivity contribution < 1.29 is 14.8 Å². The van der Waals surface area contributed by atoms with E-state index in [-0.39, 0.29) is 11.9 Å². The van der Waals surface area contributed by atoms with E-state index >= 15 is 0 Å². The summed E-state index contributed by atoms with van der Waals surface area (Å²) in [6, 6.07) is 8.26. The van der Waals surface area contributed by atoms with E-state index in [1.54, 1.807) is 29.7 Å². The second-order valence-electron chi connectivity index (χ2n) is 5.25. The van der Waals surface area contributed by atoms with Gasteiger partial charge in [-0.1, -0.05) is 12.1 Å². The molecular weight excluding hydrogens is 282 g/mol. The van der Waals surface area contributed by atoms with Crippen molar-refractivity contribution >= 4 is 11.8 Å². The molecule has 2 rings (SSSR count). The van der Waals surface area contributed by atoms with E-state index in [2.05, 4.69) is 10.3 Å². The highest BCUT2D eigenvalue weighted by atomic mass is 16.5. The minimum atomic E-state index is -0.586. The number of nitrogens with one attached hydrogen (secondary N) is 3. The molecule has 1 aromatic carbocycles. The lowest BCUT2D eigenvalue weighted by Crippen LogP contribution is -2.27. The average molecular weight is 301 g/mol. The van der Waals surface area contributed by atoms with Crippen LogP contribution in [0.2, 0.25) is 0 Å². The van der Waals surface area contributed by atoms with Gasteiger partial charge in [-0.05, 0) is 44.5 Å². The summed E-state index contributed by atoms with van der Waals surface area (Å²) in [5.74, 6) is -0.760. The van der Waals surface area contributed by atoms with Gasteiger partial charge in [0.1, 0.15) is 0 Å². The first-order valence-electron chi connectivity index (χ1n) is 6.94. The third kappa shape index (κ3) is 3.35. The van der Waals surface area contributed by atoms with Crippen LogP contribution in [0.25, 0.3) is 0 Å². The molecule has 0 fully saturated rings. The number of hydrogen-bond donors (Lipinski definition) is 4. The Bertz CT molecular complexity index is 706. The summed E-state index contributed by atoms with van der Waals surface area (Å²) in [4.78, 5) is 26.8. The second kappa shape index (κ2) is 6.44. The lowest BCUT2D eigenvalue weighted by Gasteiger charge is -2.15. The zero-order valence-corrected chi connectivity index (χ0v) is 12.7. The molecule has 0 aliphatic carbocycles. The van der Waals surface area contributed by atoms with Crippen molar-refractivity contribution in [2.45, 2.75) is 26.8 Å². The van der Waals surface area contributed by atoms with Gasteiger partial charge in [-0.2, -0.15) is 0 Å². The van der Waals surface area contributed by atoms with Crippen LogP contribution in [0.5, 0.6) is 0 Å². The number of aromatic nitrogens is 1. The van der Waals surface area contributed by atoms with Crippen molar-refractivity contribution in [3.8, 4) is 0 Å². The molecule has 22 heavy (non-hydrogen) atoms. The number of carbonyl (C=O) groups excluding carboxylic acids is 2. The zero-order chi connectivity index (χ0) is 16.3. The minimum absolute atomic E-state index is 0.175.